The zero-order chi connectivity index (χ0) is 22.2. The highest BCUT2D eigenvalue weighted by molar-refractivity contribution is 6.30. The third kappa shape index (κ3) is 3.57. The lowest BCUT2D eigenvalue weighted by Gasteiger charge is -2.20. The summed E-state index contributed by atoms with van der Waals surface area (Å²) in [6, 6.07) is 25.9. The number of carbonyl (C=O) groups excluding carboxylic acids is 1. The van der Waals surface area contributed by atoms with Crippen LogP contribution in [0.4, 0.5) is 0 Å². The zero-order valence-corrected chi connectivity index (χ0v) is 18.7. The van der Waals surface area contributed by atoms with Gasteiger partial charge in [-0.2, -0.15) is 5.10 Å². The minimum atomic E-state index is -0.132. The minimum Gasteiger partial charge on any atom is -0.273 e. The standard InChI is InChI=1S/C27H22ClN3O/c1-17-26(24-16-25(31(30-24)18(2)32)19-8-4-3-5-9-19)27(20-12-14-21(28)15-13-20)22-10-6-7-11-23(22)29-17/h3-15,25H,16H2,1-2H3/t25-/m0/s1. The van der Waals surface area contributed by atoms with Crippen LogP contribution in [0.15, 0.2) is 84.0 Å². The Labute approximate surface area is 192 Å². The van der Waals surface area contributed by atoms with Crippen molar-refractivity contribution in [3.05, 3.63) is 101 Å². The lowest BCUT2D eigenvalue weighted by Crippen LogP contribution is -2.24. The highest BCUT2D eigenvalue weighted by Crippen LogP contribution is 2.39. The number of rotatable bonds is 3. The SMILES string of the molecule is CC(=O)N1N=C(c2c(C)nc3ccccc3c2-c2ccc(Cl)cc2)C[C@H]1c1ccccc1. The van der Waals surface area contributed by atoms with E-state index < -0.39 is 0 Å². The van der Waals surface area contributed by atoms with Crippen LogP contribution in [0.5, 0.6) is 0 Å². The Kier molecular flexibility index (Phi) is 5.24. The molecule has 32 heavy (non-hydrogen) atoms. The topological polar surface area (TPSA) is 45.6 Å². The monoisotopic (exact) mass is 439 g/mol. The van der Waals surface area contributed by atoms with Gasteiger partial charge in [0.25, 0.3) is 0 Å². The predicted molar refractivity (Wildman–Crippen MR) is 130 cm³/mol. The van der Waals surface area contributed by atoms with Crippen molar-refractivity contribution >= 4 is 34.1 Å². The maximum absolute atomic E-state index is 12.5. The van der Waals surface area contributed by atoms with Gasteiger partial charge in [0.2, 0.25) is 5.91 Å². The largest absolute Gasteiger partial charge is 0.273 e. The quantitative estimate of drug-likeness (QED) is 0.362. The van der Waals surface area contributed by atoms with Gasteiger partial charge in [-0.3, -0.25) is 9.78 Å². The highest BCUT2D eigenvalue weighted by Gasteiger charge is 2.33. The average molecular weight is 440 g/mol. The Morgan fingerprint density at radius 2 is 1.62 bits per heavy atom. The first-order valence-electron chi connectivity index (χ1n) is 10.6. The molecule has 1 aliphatic rings. The number of hydrogen-bond donors (Lipinski definition) is 0. The van der Waals surface area contributed by atoms with Crippen LogP contribution in [0, 0.1) is 6.92 Å². The van der Waals surface area contributed by atoms with E-state index in [1.165, 1.54) is 0 Å². The molecule has 1 aromatic heterocycles. The van der Waals surface area contributed by atoms with Crippen molar-refractivity contribution in [2.24, 2.45) is 5.10 Å². The first kappa shape index (κ1) is 20.4. The number of para-hydroxylation sites is 1. The molecular weight excluding hydrogens is 418 g/mol. The molecule has 4 aromatic rings. The van der Waals surface area contributed by atoms with E-state index in [2.05, 4.69) is 6.07 Å². The number of benzene rings is 3. The molecule has 0 radical (unpaired) electrons. The molecule has 0 spiro atoms. The Hall–Kier alpha value is -3.50. The van der Waals surface area contributed by atoms with Gasteiger partial charge in [-0.05, 0) is 36.2 Å². The molecular formula is C27H22ClN3O. The van der Waals surface area contributed by atoms with E-state index in [0.29, 0.717) is 11.4 Å². The summed E-state index contributed by atoms with van der Waals surface area (Å²) in [5.74, 6) is -0.0757. The van der Waals surface area contributed by atoms with Gasteiger partial charge in [0.15, 0.2) is 0 Å². The van der Waals surface area contributed by atoms with Gasteiger partial charge in [-0.25, -0.2) is 5.01 Å². The number of carbonyl (C=O) groups is 1. The first-order chi connectivity index (χ1) is 15.5. The number of amides is 1. The fourth-order valence-electron chi connectivity index (χ4n) is 4.49. The molecule has 2 heterocycles. The summed E-state index contributed by atoms with van der Waals surface area (Å²) >= 11 is 6.18. The second-order valence-electron chi connectivity index (χ2n) is 8.01. The number of hydrogen-bond acceptors (Lipinski definition) is 3. The van der Waals surface area contributed by atoms with E-state index in [4.69, 9.17) is 21.7 Å². The number of nitrogens with zero attached hydrogens (tertiary/aromatic N) is 3. The number of fused-ring (bicyclic) bond motifs is 1. The van der Waals surface area contributed by atoms with Crippen molar-refractivity contribution in [3.63, 3.8) is 0 Å². The maximum atomic E-state index is 12.5. The predicted octanol–water partition coefficient (Wildman–Crippen LogP) is 6.56. The van der Waals surface area contributed by atoms with E-state index in [0.717, 1.165) is 44.6 Å². The van der Waals surface area contributed by atoms with Crippen LogP contribution in [0.2, 0.25) is 5.02 Å². The molecule has 0 fully saturated rings. The van der Waals surface area contributed by atoms with Gasteiger partial charge in [0, 0.05) is 40.6 Å². The highest BCUT2D eigenvalue weighted by atomic mass is 35.5. The Morgan fingerprint density at radius 1 is 0.938 bits per heavy atom. The molecule has 1 aliphatic heterocycles. The maximum Gasteiger partial charge on any atom is 0.240 e. The fraction of sp³-hybridized carbons (Fsp3) is 0.148. The number of aryl methyl sites for hydroxylation is 1. The van der Waals surface area contributed by atoms with E-state index in [1.54, 1.807) is 11.9 Å². The van der Waals surface area contributed by atoms with Crippen LogP contribution in [-0.2, 0) is 4.79 Å². The summed E-state index contributed by atoms with van der Waals surface area (Å²) in [5, 5.41) is 8.17. The number of halogens is 1. The Balaban J connectivity index is 1.73. The third-order valence-electron chi connectivity index (χ3n) is 5.91. The molecule has 158 valence electrons. The fourth-order valence-corrected chi connectivity index (χ4v) is 4.62. The summed E-state index contributed by atoms with van der Waals surface area (Å²) in [6.07, 6.45) is 0.630. The van der Waals surface area contributed by atoms with Crippen LogP contribution in [0.25, 0.3) is 22.0 Å². The van der Waals surface area contributed by atoms with Crippen molar-refractivity contribution < 1.29 is 4.79 Å². The second kappa shape index (κ2) is 8.21. The van der Waals surface area contributed by atoms with Crippen molar-refractivity contribution in [2.75, 3.05) is 0 Å². The van der Waals surface area contributed by atoms with Crippen molar-refractivity contribution in [2.45, 2.75) is 26.3 Å². The van der Waals surface area contributed by atoms with E-state index >= 15 is 0 Å². The van der Waals surface area contributed by atoms with Crippen LogP contribution in [0.1, 0.15) is 36.2 Å². The minimum absolute atomic E-state index is 0.0757. The number of aromatic nitrogens is 1. The van der Waals surface area contributed by atoms with Crippen LogP contribution < -0.4 is 0 Å². The first-order valence-corrected chi connectivity index (χ1v) is 11.0. The third-order valence-corrected chi connectivity index (χ3v) is 6.16. The molecule has 0 bridgehead atoms. The van der Waals surface area contributed by atoms with E-state index in [1.807, 2.05) is 79.7 Å². The van der Waals surface area contributed by atoms with Crippen molar-refractivity contribution in [1.29, 1.82) is 0 Å². The van der Waals surface area contributed by atoms with Gasteiger partial charge in [0.1, 0.15) is 0 Å². The molecule has 1 atom stereocenters. The van der Waals surface area contributed by atoms with Gasteiger partial charge < -0.3 is 0 Å². The molecule has 0 N–H and O–H groups in total. The van der Waals surface area contributed by atoms with Crippen molar-refractivity contribution in [3.8, 4) is 11.1 Å². The molecule has 1 amide bonds. The average Bonchev–Trinajstić information content (AvgIpc) is 3.25. The molecule has 5 heteroatoms. The molecule has 3 aromatic carbocycles. The van der Waals surface area contributed by atoms with Gasteiger partial charge >= 0.3 is 0 Å². The number of pyridine rings is 1. The molecule has 4 nitrogen and oxygen atoms in total. The summed E-state index contributed by atoms with van der Waals surface area (Å²) < 4.78 is 0. The zero-order valence-electron chi connectivity index (χ0n) is 17.9. The van der Waals surface area contributed by atoms with Gasteiger partial charge in [-0.1, -0.05) is 72.3 Å². The summed E-state index contributed by atoms with van der Waals surface area (Å²) in [6.45, 7) is 3.58. The van der Waals surface area contributed by atoms with Crippen LogP contribution in [-0.4, -0.2) is 21.6 Å². The van der Waals surface area contributed by atoms with Crippen molar-refractivity contribution in [1.82, 2.24) is 9.99 Å². The van der Waals surface area contributed by atoms with Crippen LogP contribution in [0.3, 0.4) is 0 Å². The van der Waals surface area contributed by atoms with E-state index in [9.17, 15) is 4.79 Å². The summed E-state index contributed by atoms with van der Waals surface area (Å²) in [5.41, 5.74) is 6.86. The van der Waals surface area contributed by atoms with E-state index in [-0.39, 0.29) is 11.9 Å². The lowest BCUT2D eigenvalue weighted by atomic mass is 9.89. The Bertz CT molecular complexity index is 1350. The molecule has 0 unspecified atom stereocenters. The smallest absolute Gasteiger partial charge is 0.240 e. The van der Waals surface area contributed by atoms with Gasteiger partial charge in [0.05, 0.1) is 17.3 Å². The van der Waals surface area contributed by atoms with Gasteiger partial charge in [-0.15, -0.1) is 0 Å². The van der Waals surface area contributed by atoms with Crippen LogP contribution >= 0.6 is 11.6 Å². The normalized spacial score (nSPS) is 15.8. The molecule has 0 saturated carbocycles. The molecule has 0 aliphatic carbocycles. The second-order valence-corrected chi connectivity index (χ2v) is 8.45. The summed E-state index contributed by atoms with van der Waals surface area (Å²) in [4.78, 5) is 17.4. The molecule has 5 rings (SSSR count). The lowest BCUT2D eigenvalue weighted by molar-refractivity contribution is -0.130. The summed E-state index contributed by atoms with van der Waals surface area (Å²) in [7, 11) is 0. The Morgan fingerprint density at radius 3 is 2.34 bits per heavy atom. The molecule has 0 saturated heterocycles. The number of hydrazone groups is 1.